The minimum atomic E-state index is -0.362. The number of hydrogen-bond donors (Lipinski definition) is 1. The number of nitrogens with zero attached hydrogens (tertiary/aromatic N) is 2. The van der Waals surface area contributed by atoms with E-state index in [9.17, 15) is 9.59 Å². The van der Waals surface area contributed by atoms with Gasteiger partial charge in [0, 0.05) is 12.7 Å². The quantitative estimate of drug-likeness (QED) is 0.823. The number of aromatic nitrogens is 2. The van der Waals surface area contributed by atoms with Crippen molar-refractivity contribution in [2.75, 3.05) is 19.0 Å². The summed E-state index contributed by atoms with van der Waals surface area (Å²) in [4.78, 5) is 27.4. The van der Waals surface area contributed by atoms with E-state index in [0.29, 0.717) is 6.54 Å². The molecule has 0 saturated carbocycles. The number of halogens is 1. The van der Waals surface area contributed by atoms with Crippen LogP contribution in [-0.4, -0.2) is 29.2 Å². The topological polar surface area (TPSA) is 73.2 Å². The second-order valence-electron chi connectivity index (χ2n) is 4.58. The highest BCUT2D eigenvalue weighted by Gasteiger charge is 2.09. The fourth-order valence-electron chi connectivity index (χ4n) is 1.90. The summed E-state index contributed by atoms with van der Waals surface area (Å²) in [5.41, 5.74) is 0.686. The number of nitrogens with one attached hydrogen (secondary N) is 1. The first-order valence-electron chi connectivity index (χ1n) is 6.71. The van der Waals surface area contributed by atoms with Crippen LogP contribution in [0.4, 0.5) is 5.82 Å². The Bertz CT molecular complexity index is 701. The molecule has 1 heterocycles. The van der Waals surface area contributed by atoms with Crippen LogP contribution in [-0.2, 0) is 16.1 Å². The van der Waals surface area contributed by atoms with E-state index in [0.717, 1.165) is 5.56 Å². The normalized spacial score (nSPS) is 10.3. The molecule has 2 rings (SSSR count). The summed E-state index contributed by atoms with van der Waals surface area (Å²) in [6.07, 6.45) is 1.63. The Morgan fingerprint density at radius 3 is 2.77 bits per heavy atom. The molecule has 22 heavy (non-hydrogen) atoms. The lowest BCUT2D eigenvalue weighted by Gasteiger charge is -2.10. The molecule has 0 bridgehead atoms. The van der Waals surface area contributed by atoms with Crippen LogP contribution in [0.2, 0.25) is 5.15 Å². The van der Waals surface area contributed by atoms with Gasteiger partial charge in [-0.2, -0.15) is 0 Å². The Labute approximate surface area is 132 Å². The third-order valence-corrected chi connectivity index (χ3v) is 3.17. The Hall–Kier alpha value is -2.34. The van der Waals surface area contributed by atoms with Crippen LogP contribution in [0.5, 0.6) is 0 Å². The molecule has 0 unspecified atom stereocenters. The van der Waals surface area contributed by atoms with Gasteiger partial charge in [0.05, 0.1) is 20.1 Å². The van der Waals surface area contributed by atoms with E-state index in [1.807, 2.05) is 30.3 Å². The molecule has 0 fully saturated rings. The zero-order chi connectivity index (χ0) is 15.9. The van der Waals surface area contributed by atoms with E-state index in [1.165, 1.54) is 17.9 Å². The van der Waals surface area contributed by atoms with Crippen LogP contribution in [0, 0.1) is 0 Å². The molecule has 0 aliphatic carbocycles. The van der Waals surface area contributed by atoms with Crippen molar-refractivity contribution in [3.63, 3.8) is 0 Å². The first-order valence-corrected chi connectivity index (χ1v) is 7.09. The first-order chi connectivity index (χ1) is 10.6. The number of ether oxygens (including phenoxy) is 1. The van der Waals surface area contributed by atoms with Crippen molar-refractivity contribution in [3.05, 3.63) is 57.6 Å². The number of rotatable bonds is 6. The molecule has 0 amide bonds. The minimum Gasteiger partial charge on any atom is -0.469 e. The molecule has 0 spiro atoms. The molecule has 1 aromatic heterocycles. The number of hydrogen-bond acceptors (Lipinski definition) is 5. The lowest BCUT2D eigenvalue weighted by molar-refractivity contribution is -0.140. The van der Waals surface area contributed by atoms with Crippen molar-refractivity contribution in [1.29, 1.82) is 0 Å². The largest absolute Gasteiger partial charge is 0.469 e. The molecule has 0 aliphatic heterocycles. The van der Waals surface area contributed by atoms with Crippen molar-refractivity contribution >= 4 is 23.4 Å². The van der Waals surface area contributed by atoms with E-state index in [4.69, 9.17) is 11.6 Å². The zero-order valence-corrected chi connectivity index (χ0v) is 12.8. The fraction of sp³-hybridized carbons (Fsp3) is 0.267. The predicted molar refractivity (Wildman–Crippen MR) is 84.2 cm³/mol. The Kier molecular flexibility index (Phi) is 5.55. The van der Waals surface area contributed by atoms with Gasteiger partial charge in [0.25, 0.3) is 5.56 Å². The highest BCUT2D eigenvalue weighted by molar-refractivity contribution is 6.29. The summed E-state index contributed by atoms with van der Waals surface area (Å²) in [7, 11) is 1.31. The second-order valence-corrected chi connectivity index (χ2v) is 4.97. The summed E-state index contributed by atoms with van der Waals surface area (Å²) >= 11 is 5.95. The van der Waals surface area contributed by atoms with E-state index in [1.54, 1.807) is 0 Å². The van der Waals surface area contributed by atoms with E-state index in [2.05, 4.69) is 15.0 Å². The number of anilines is 1. The summed E-state index contributed by atoms with van der Waals surface area (Å²) in [6.45, 7) is 0.647. The number of esters is 1. The zero-order valence-electron chi connectivity index (χ0n) is 12.1. The lowest BCUT2D eigenvalue weighted by Crippen LogP contribution is -2.26. The third kappa shape index (κ3) is 4.33. The molecular formula is C15H16ClN3O3. The van der Waals surface area contributed by atoms with Crippen LogP contribution in [0.25, 0.3) is 0 Å². The van der Waals surface area contributed by atoms with Gasteiger partial charge in [-0.25, -0.2) is 4.98 Å². The predicted octanol–water partition coefficient (Wildman–Crippen LogP) is 1.92. The van der Waals surface area contributed by atoms with Gasteiger partial charge in [-0.3, -0.25) is 9.59 Å². The van der Waals surface area contributed by atoms with Gasteiger partial charge >= 0.3 is 5.97 Å². The number of benzene rings is 1. The second kappa shape index (κ2) is 7.61. The molecule has 0 atom stereocenters. The SMILES string of the molecule is COC(=O)CCNc1nc(Cl)cn(Cc2ccccc2)c1=O. The maximum Gasteiger partial charge on any atom is 0.307 e. The molecule has 0 radical (unpaired) electrons. The molecule has 1 N–H and O–H groups in total. The molecule has 0 saturated heterocycles. The monoisotopic (exact) mass is 321 g/mol. The van der Waals surface area contributed by atoms with E-state index in [-0.39, 0.29) is 35.5 Å². The van der Waals surface area contributed by atoms with Crippen molar-refractivity contribution in [2.24, 2.45) is 0 Å². The van der Waals surface area contributed by atoms with Crippen LogP contribution in [0.1, 0.15) is 12.0 Å². The summed E-state index contributed by atoms with van der Waals surface area (Å²) in [5, 5.41) is 3.02. The van der Waals surface area contributed by atoms with Gasteiger partial charge in [-0.05, 0) is 5.56 Å². The van der Waals surface area contributed by atoms with E-state index < -0.39 is 0 Å². The smallest absolute Gasteiger partial charge is 0.307 e. The summed E-state index contributed by atoms with van der Waals surface area (Å²) in [5.74, 6) is -0.244. The molecule has 1 aromatic carbocycles. The molecule has 0 aliphatic rings. The van der Waals surface area contributed by atoms with Crippen molar-refractivity contribution in [3.8, 4) is 0 Å². The minimum absolute atomic E-state index is 0.118. The fourth-order valence-corrected chi connectivity index (χ4v) is 2.11. The Morgan fingerprint density at radius 1 is 1.36 bits per heavy atom. The summed E-state index contributed by atoms with van der Waals surface area (Å²) in [6, 6.07) is 9.55. The molecule has 7 heteroatoms. The maximum atomic E-state index is 12.3. The molecule has 6 nitrogen and oxygen atoms in total. The van der Waals surface area contributed by atoms with Gasteiger partial charge in [0.2, 0.25) is 0 Å². The van der Waals surface area contributed by atoms with Gasteiger partial charge in [-0.1, -0.05) is 41.9 Å². The van der Waals surface area contributed by atoms with Gasteiger partial charge in [-0.15, -0.1) is 0 Å². The standard InChI is InChI=1S/C15H16ClN3O3/c1-22-13(20)7-8-17-14-15(21)19(10-12(16)18-14)9-11-5-3-2-4-6-11/h2-6,10H,7-9H2,1H3,(H,17,18). The van der Waals surface area contributed by atoms with Crippen LogP contribution >= 0.6 is 11.6 Å². The Morgan fingerprint density at radius 2 is 2.09 bits per heavy atom. The molecular weight excluding hydrogens is 306 g/mol. The molecule has 2 aromatic rings. The number of carbonyl (C=O) groups excluding carboxylic acids is 1. The van der Waals surface area contributed by atoms with Crippen molar-refractivity contribution in [2.45, 2.75) is 13.0 Å². The Balaban J connectivity index is 2.15. The average Bonchev–Trinajstić information content (AvgIpc) is 2.52. The van der Waals surface area contributed by atoms with E-state index >= 15 is 0 Å². The third-order valence-electron chi connectivity index (χ3n) is 2.99. The number of carbonyl (C=O) groups is 1. The van der Waals surface area contributed by atoms with Crippen LogP contribution < -0.4 is 10.9 Å². The molecule has 116 valence electrons. The van der Waals surface area contributed by atoms with Crippen LogP contribution in [0.15, 0.2) is 41.3 Å². The number of methoxy groups -OCH3 is 1. The van der Waals surface area contributed by atoms with Crippen molar-refractivity contribution < 1.29 is 9.53 Å². The average molecular weight is 322 g/mol. The van der Waals surface area contributed by atoms with Gasteiger partial charge in [0.1, 0.15) is 5.15 Å². The maximum absolute atomic E-state index is 12.3. The highest BCUT2D eigenvalue weighted by Crippen LogP contribution is 2.08. The van der Waals surface area contributed by atoms with Crippen LogP contribution in [0.3, 0.4) is 0 Å². The van der Waals surface area contributed by atoms with Gasteiger partial charge < -0.3 is 14.6 Å². The van der Waals surface area contributed by atoms with Crippen molar-refractivity contribution in [1.82, 2.24) is 9.55 Å². The summed E-state index contributed by atoms with van der Waals surface area (Å²) < 4.78 is 6.01. The lowest BCUT2D eigenvalue weighted by atomic mass is 10.2. The first kappa shape index (κ1) is 16.0. The highest BCUT2D eigenvalue weighted by atomic mass is 35.5. The van der Waals surface area contributed by atoms with Gasteiger partial charge in [0.15, 0.2) is 5.82 Å².